The fraction of sp³-hybridized carbons (Fsp3) is 0.238. The topological polar surface area (TPSA) is 67.0 Å². The van der Waals surface area contributed by atoms with Gasteiger partial charge in [0.25, 0.3) is 5.91 Å². The largest absolute Gasteiger partial charge is 0.484 e. The van der Waals surface area contributed by atoms with Crippen molar-refractivity contribution in [3.05, 3.63) is 83.4 Å². The van der Waals surface area contributed by atoms with Crippen molar-refractivity contribution in [2.75, 3.05) is 6.61 Å². The smallest absolute Gasteiger partial charge is 0.258 e. The van der Waals surface area contributed by atoms with Gasteiger partial charge < -0.3 is 15.0 Å². The van der Waals surface area contributed by atoms with Gasteiger partial charge in [-0.05, 0) is 42.7 Å². The highest BCUT2D eigenvalue weighted by Gasteiger charge is 2.16. The zero-order valence-electron chi connectivity index (χ0n) is 15.0. The number of aromatic nitrogens is 2. The Kier molecular flexibility index (Phi) is 5.69. The Labute approximate surface area is 153 Å². The Hall–Kier alpha value is -3.08. The highest BCUT2D eigenvalue weighted by atomic mass is 16.5. The second-order valence-electron chi connectivity index (χ2n) is 6.38. The van der Waals surface area contributed by atoms with E-state index in [2.05, 4.69) is 21.4 Å². The van der Waals surface area contributed by atoms with Gasteiger partial charge in [0.2, 0.25) is 0 Å². The number of benzene rings is 2. The SMILES string of the molecule is Cc1cc(C)cc(OCC(=O)N[C@@H](Cc2ncc[nH]2)c2ccccc2)c1. The van der Waals surface area contributed by atoms with Gasteiger partial charge in [0, 0.05) is 18.8 Å². The maximum absolute atomic E-state index is 12.4. The van der Waals surface area contributed by atoms with Crippen molar-refractivity contribution in [3.63, 3.8) is 0 Å². The van der Waals surface area contributed by atoms with Gasteiger partial charge >= 0.3 is 0 Å². The fourth-order valence-electron chi connectivity index (χ4n) is 2.94. The molecule has 0 spiro atoms. The van der Waals surface area contributed by atoms with Crippen LogP contribution in [0.2, 0.25) is 0 Å². The molecule has 0 saturated heterocycles. The van der Waals surface area contributed by atoms with Crippen LogP contribution in [0.15, 0.2) is 60.9 Å². The van der Waals surface area contributed by atoms with E-state index in [4.69, 9.17) is 4.74 Å². The molecule has 3 rings (SSSR count). The maximum Gasteiger partial charge on any atom is 0.258 e. The standard InChI is InChI=1S/C21H23N3O2/c1-15-10-16(2)12-18(11-15)26-14-21(25)24-19(13-20-22-8-9-23-20)17-6-4-3-5-7-17/h3-12,19H,13-14H2,1-2H3,(H,22,23)(H,24,25)/t19-/m0/s1. The first kappa shape index (κ1) is 17.7. The molecule has 2 aromatic carbocycles. The Morgan fingerprint density at radius 3 is 2.54 bits per heavy atom. The highest BCUT2D eigenvalue weighted by Crippen LogP contribution is 2.18. The van der Waals surface area contributed by atoms with Crippen LogP contribution in [0, 0.1) is 13.8 Å². The van der Waals surface area contributed by atoms with Crippen molar-refractivity contribution in [2.24, 2.45) is 0 Å². The lowest BCUT2D eigenvalue weighted by Crippen LogP contribution is -2.34. The number of ether oxygens (including phenoxy) is 1. The van der Waals surface area contributed by atoms with Gasteiger partial charge in [-0.25, -0.2) is 4.98 Å². The third kappa shape index (κ3) is 4.96. The number of imidazole rings is 1. The van der Waals surface area contributed by atoms with Crippen LogP contribution < -0.4 is 10.1 Å². The van der Waals surface area contributed by atoms with E-state index in [1.54, 1.807) is 12.4 Å². The molecule has 0 aliphatic heterocycles. The Bertz CT molecular complexity index is 825. The molecule has 0 aliphatic carbocycles. The Morgan fingerprint density at radius 1 is 1.15 bits per heavy atom. The van der Waals surface area contributed by atoms with Gasteiger partial charge in [-0.15, -0.1) is 0 Å². The van der Waals surface area contributed by atoms with E-state index < -0.39 is 0 Å². The fourth-order valence-corrected chi connectivity index (χ4v) is 2.94. The predicted molar refractivity (Wildman–Crippen MR) is 101 cm³/mol. The van der Waals surface area contributed by atoms with Crippen molar-refractivity contribution in [1.29, 1.82) is 0 Å². The van der Waals surface area contributed by atoms with Gasteiger partial charge in [-0.1, -0.05) is 36.4 Å². The first-order chi connectivity index (χ1) is 12.6. The molecule has 3 aromatic rings. The normalized spacial score (nSPS) is 11.8. The quantitative estimate of drug-likeness (QED) is 0.686. The molecular weight excluding hydrogens is 326 g/mol. The summed E-state index contributed by atoms with van der Waals surface area (Å²) in [6.45, 7) is 3.99. The van der Waals surface area contributed by atoms with E-state index >= 15 is 0 Å². The van der Waals surface area contributed by atoms with Crippen LogP contribution in [0.5, 0.6) is 5.75 Å². The van der Waals surface area contributed by atoms with E-state index in [0.29, 0.717) is 12.2 Å². The number of rotatable bonds is 7. The van der Waals surface area contributed by atoms with E-state index in [1.165, 1.54) is 0 Å². The first-order valence-electron chi connectivity index (χ1n) is 8.64. The Balaban J connectivity index is 1.65. The number of hydrogen-bond donors (Lipinski definition) is 2. The summed E-state index contributed by atoms with van der Waals surface area (Å²) in [5, 5.41) is 3.05. The van der Waals surface area contributed by atoms with Gasteiger partial charge in [0.1, 0.15) is 11.6 Å². The molecule has 5 heteroatoms. The number of carbonyl (C=O) groups is 1. The minimum atomic E-state index is -0.169. The van der Waals surface area contributed by atoms with Crippen molar-refractivity contribution >= 4 is 5.91 Å². The summed E-state index contributed by atoms with van der Waals surface area (Å²) in [6.07, 6.45) is 4.08. The van der Waals surface area contributed by atoms with Crippen molar-refractivity contribution in [3.8, 4) is 5.75 Å². The van der Waals surface area contributed by atoms with Crippen molar-refractivity contribution in [2.45, 2.75) is 26.3 Å². The van der Waals surface area contributed by atoms with E-state index in [-0.39, 0.29) is 18.6 Å². The summed E-state index contributed by atoms with van der Waals surface area (Å²) in [7, 11) is 0. The summed E-state index contributed by atoms with van der Waals surface area (Å²) in [5.41, 5.74) is 3.25. The van der Waals surface area contributed by atoms with Crippen molar-refractivity contribution in [1.82, 2.24) is 15.3 Å². The molecule has 0 aliphatic rings. The van der Waals surface area contributed by atoms with Gasteiger partial charge in [0.05, 0.1) is 6.04 Å². The molecule has 134 valence electrons. The highest BCUT2D eigenvalue weighted by molar-refractivity contribution is 5.78. The second-order valence-corrected chi connectivity index (χ2v) is 6.38. The summed E-state index contributed by atoms with van der Waals surface area (Å²) < 4.78 is 5.67. The third-order valence-corrected chi connectivity index (χ3v) is 4.05. The summed E-state index contributed by atoms with van der Waals surface area (Å²) in [6, 6.07) is 15.6. The number of nitrogens with one attached hydrogen (secondary N) is 2. The molecule has 0 saturated carbocycles. The molecule has 0 radical (unpaired) electrons. The predicted octanol–water partition coefficient (Wildman–Crippen LogP) is 3.51. The molecule has 0 unspecified atom stereocenters. The number of amides is 1. The first-order valence-corrected chi connectivity index (χ1v) is 8.64. The molecule has 26 heavy (non-hydrogen) atoms. The average molecular weight is 349 g/mol. The van der Waals surface area contributed by atoms with Crippen LogP contribution >= 0.6 is 0 Å². The van der Waals surface area contributed by atoms with Gasteiger partial charge in [0.15, 0.2) is 6.61 Å². The lowest BCUT2D eigenvalue weighted by Gasteiger charge is -2.18. The number of aromatic amines is 1. The minimum Gasteiger partial charge on any atom is -0.484 e. The van der Waals surface area contributed by atoms with Gasteiger partial charge in [-0.2, -0.15) is 0 Å². The number of aryl methyl sites for hydroxylation is 2. The molecule has 1 atom stereocenters. The summed E-state index contributed by atoms with van der Waals surface area (Å²) in [4.78, 5) is 19.8. The molecule has 1 heterocycles. The van der Waals surface area contributed by atoms with Gasteiger partial charge in [-0.3, -0.25) is 4.79 Å². The summed E-state index contributed by atoms with van der Waals surface area (Å²) >= 11 is 0. The second kappa shape index (κ2) is 8.34. The monoisotopic (exact) mass is 349 g/mol. The molecular formula is C21H23N3O2. The van der Waals surface area contributed by atoms with Crippen LogP contribution in [0.1, 0.15) is 28.6 Å². The van der Waals surface area contributed by atoms with Crippen LogP contribution in [0.25, 0.3) is 0 Å². The lowest BCUT2D eigenvalue weighted by atomic mass is 10.0. The number of carbonyl (C=O) groups excluding carboxylic acids is 1. The number of nitrogens with zero attached hydrogens (tertiary/aromatic N) is 1. The van der Waals surface area contributed by atoms with Crippen LogP contribution in [-0.2, 0) is 11.2 Å². The van der Waals surface area contributed by atoms with E-state index in [9.17, 15) is 4.79 Å². The maximum atomic E-state index is 12.4. The molecule has 0 bridgehead atoms. The summed E-state index contributed by atoms with van der Waals surface area (Å²) in [5.74, 6) is 1.37. The molecule has 1 aromatic heterocycles. The van der Waals surface area contributed by atoms with Crippen LogP contribution in [0.3, 0.4) is 0 Å². The molecule has 1 amide bonds. The minimum absolute atomic E-state index is 0.0234. The average Bonchev–Trinajstić information content (AvgIpc) is 3.12. The van der Waals surface area contributed by atoms with Crippen molar-refractivity contribution < 1.29 is 9.53 Å². The third-order valence-electron chi connectivity index (χ3n) is 4.05. The molecule has 2 N–H and O–H groups in total. The molecule has 0 fully saturated rings. The van der Waals surface area contributed by atoms with Crippen LogP contribution in [0.4, 0.5) is 0 Å². The van der Waals surface area contributed by atoms with Crippen LogP contribution in [-0.4, -0.2) is 22.5 Å². The number of H-pyrrole nitrogens is 1. The molecule has 5 nitrogen and oxygen atoms in total. The van der Waals surface area contributed by atoms with E-state index in [1.807, 2.05) is 56.3 Å². The van der Waals surface area contributed by atoms with E-state index in [0.717, 1.165) is 22.5 Å². The number of hydrogen-bond acceptors (Lipinski definition) is 3. The Morgan fingerprint density at radius 2 is 1.88 bits per heavy atom. The lowest BCUT2D eigenvalue weighted by molar-refractivity contribution is -0.123. The zero-order valence-corrected chi connectivity index (χ0v) is 15.0. The zero-order chi connectivity index (χ0) is 18.4.